The van der Waals surface area contributed by atoms with Gasteiger partial charge in [0.15, 0.2) is 0 Å². The molecule has 0 atom stereocenters. The molecular weight excluding hydrogens is 224 g/mol. The molecule has 0 amide bonds. The molecule has 0 N–H and O–H groups in total. The first-order valence-corrected chi connectivity index (χ1v) is 6.76. The third-order valence-electron chi connectivity index (χ3n) is 3.07. The maximum Gasteiger partial charge on any atom is 0.0355 e. The van der Waals surface area contributed by atoms with Gasteiger partial charge < -0.3 is 0 Å². The average Bonchev–Trinajstić information content (AvgIpc) is 2.82. The number of thiophene rings is 1. The number of hydrogen-bond acceptors (Lipinski definition) is 1. The molecule has 3 aromatic rings. The Morgan fingerprint density at radius 3 is 2.41 bits per heavy atom. The third-order valence-corrected chi connectivity index (χ3v) is 4.24. The highest BCUT2D eigenvalue weighted by atomic mass is 32.1. The predicted molar refractivity (Wildman–Crippen MR) is 76.6 cm³/mol. The number of rotatable bonds is 2. The van der Waals surface area contributed by atoms with Crippen LogP contribution in [-0.4, -0.2) is 0 Å². The number of fused-ring (bicyclic) bond motifs is 1. The van der Waals surface area contributed by atoms with Gasteiger partial charge in [0, 0.05) is 9.58 Å². The van der Waals surface area contributed by atoms with Gasteiger partial charge in [-0.25, -0.2) is 0 Å². The highest BCUT2D eigenvalue weighted by Crippen LogP contribution is 2.33. The molecule has 1 heterocycles. The second-order valence-electron chi connectivity index (χ2n) is 4.20. The lowest BCUT2D eigenvalue weighted by Crippen LogP contribution is -1.78. The standard InChI is InChI=1S/C16H14S/c1-2-12-7-9-13(10-8-12)16-11-14-5-3-4-6-15(14)17-16/h3-11H,2H2,1H3. The van der Waals surface area contributed by atoms with Gasteiger partial charge in [-0.1, -0.05) is 49.4 Å². The molecule has 0 saturated heterocycles. The minimum Gasteiger partial charge on any atom is -0.135 e. The maximum absolute atomic E-state index is 2.28. The molecule has 3 rings (SSSR count). The quantitative estimate of drug-likeness (QED) is 0.580. The van der Waals surface area contributed by atoms with Crippen molar-refractivity contribution in [2.75, 3.05) is 0 Å². The molecule has 0 nitrogen and oxygen atoms in total. The summed E-state index contributed by atoms with van der Waals surface area (Å²) in [5, 5.41) is 1.34. The van der Waals surface area contributed by atoms with Crippen LogP contribution in [0.15, 0.2) is 54.6 Å². The fourth-order valence-electron chi connectivity index (χ4n) is 2.03. The largest absolute Gasteiger partial charge is 0.135 e. The lowest BCUT2D eigenvalue weighted by molar-refractivity contribution is 1.14. The molecule has 0 aliphatic heterocycles. The average molecular weight is 238 g/mol. The number of aryl methyl sites for hydroxylation is 1. The van der Waals surface area contributed by atoms with E-state index in [0.717, 1.165) is 6.42 Å². The Hall–Kier alpha value is -1.60. The van der Waals surface area contributed by atoms with E-state index in [4.69, 9.17) is 0 Å². The summed E-state index contributed by atoms with van der Waals surface area (Å²) in [5.74, 6) is 0. The van der Waals surface area contributed by atoms with Crippen LogP contribution in [0.5, 0.6) is 0 Å². The molecule has 0 aliphatic carbocycles. The van der Waals surface area contributed by atoms with E-state index in [2.05, 4.69) is 61.5 Å². The van der Waals surface area contributed by atoms with Crippen molar-refractivity contribution in [3.8, 4) is 10.4 Å². The molecule has 0 fully saturated rings. The van der Waals surface area contributed by atoms with Gasteiger partial charge in [-0.15, -0.1) is 11.3 Å². The molecule has 84 valence electrons. The molecule has 1 heteroatoms. The summed E-state index contributed by atoms with van der Waals surface area (Å²) in [6, 6.07) is 19.7. The Labute approximate surface area is 106 Å². The molecule has 0 radical (unpaired) electrons. The molecule has 17 heavy (non-hydrogen) atoms. The highest BCUT2D eigenvalue weighted by Gasteiger charge is 2.03. The molecule has 0 aliphatic rings. The van der Waals surface area contributed by atoms with E-state index < -0.39 is 0 Å². The summed E-state index contributed by atoms with van der Waals surface area (Å²) in [6.07, 6.45) is 1.10. The van der Waals surface area contributed by atoms with Crippen LogP contribution in [0.2, 0.25) is 0 Å². The van der Waals surface area contributed by atoms with Crippen molar-refractivity contribution >= 4 is 21.4 Å². The van der Waals surface area contributed by atoms with Gasteiger partial charge in [0.1, 0.15) is 0 Å². The van der Waals surface area contributed by atoms with E-state index in [1.54, 1.807) is 0 Å². The van der Waals surface area contributed by atoms with E-state index >= 15 is 0 Å². The van der Waals surface area contributed by atoms with Crippen LogP contribution in [0, 0.1) is 0 Å². The summed E-state index contributed by atoms with van der Waals surface area (Å²) in [7, 11) is 0. The van der Waals surface area contributed by atoms with E-state index in [1.165, 1.54) is 26.1 Å². The molecule has 1 aromatic heterocycles. The first kappa shape index (κ1) is 10.5. The smallest absolute Gasteiger partial charge is 0.0355 e. The Balaban J connectivity index is 2.07. The SMILES string of the molecule is CCc1ccc(-c2cc3ccccc3s2)cc1. The first-order valence-electron chi connectivity index (χ1n) is 5.94. The number of benzene rings is 2. The Bertz CT molecular complexity index is 599. The summed E-state index contributed by atoms with van der Waals surface area (Å²) in [5.41, 5.74) is 2.72. The summed E-state index contributed by atoms with van der Waals surface area (Å²) in [6.45, 7) is 2.19. The summed E-state index contributed by atoms with van der Waals surface area (Å²) < 4.78 is 1.36. The third kappa shape index (κ3) is 1.98. The highest BCUT2D eigenvalue weighted by molar-refractivity contribution is 7.22. The van der Waals surface area contributed by atoms with Crippen LogP contribution >= 0.6 is 11.3 Å². The Kier molecular flexibility index (Phi) is 2.69. The number of hydrogen-bond donors (Lipinski definition) is 0. The van der Waals surface area contributed by atoms with Gasteiger partial charge in [0.05, 0.1) is 0 Å². The minimum atomic E-state index is 1.10. The second-order valence-corrected chi connectivity index (χ2v) is 5.28. The van der Waals surface area contributed by atoms with Crippen molar-refractivity contribution < 1.29 is 0 Å². The van der Waals surface area contributed by atoms with Crippen molar-refractivity contribution in [2.45, 2.75) is 13.3 Å². The lowest BCUT2D eigenvalue weighted by atomic mass is 10.1. The zero-order chi connectivity index (χ0) is 11.7. The second kappa shape index (κ2) is 4.34. The van der Waals surface area contributed by atoms with Crippen LogP contribution in [0.1, 0.15) is 12.5 Å². The first-order chi connectivity index (χ1) is 8.36. The molecule has 2 aromatic carbocycles. The fourth-order valence-corrected chi connectivity index (χ4v) is 3.10. The van der Waals surface area contributed by atoms with Crippen LogP contribution in [0.4, 0.5) is 0 Å². The summed E-state index contributed by atoms with van der Waals surface area (Å²) >= 11 is 1.86. The van der Waals surface area contributed by atoms with Gasteiger partial charge in [0.25, 0.3) is 0 Å². The van der Waals surface area contributed by atoms with Gasteiger partial charge in [-0.2, -0.15) is 0 Å². The monoisotopic (exact) mass is 238 g/mol. The molecule has 0 unspecified atom stereocenters. The van der Waals surface area contributed by atoms with Crippen molar-refractivity contribution in [3.05, 3.63) is 60.2 Å². The Morgan fingerprint density at radius 1 is 0.941 bits per heavy atom. The predicted octanol–water partition coefficient (Wildman–Crippen LogP) is 5.13. The van der Waals surface area contributed by atoms with Gasteiger partial charge in [-0.05, 0) is 35.1 Å². The van der Waals surface area contributed by atoms with Gasteiger partial charge in [-0.3, -0.25) is 0 Å². The van der Waals surface area contributed by atoms with E-state index in [1.807, 2.05) is 11.3 Å². The molecule has 0 spiro atoms. The van der Waals surface area contributed by atoms with Crippen molar-refractivity contribution in [1.29, 1.82) is 0 Å². The molecular formula is C16H14S. The van der Waals surface area contributed by atoms with Crippen LogP contribution < -0.4 is 0 Å². The Morgan fingerprint density at radius 2 is 1.71 bits per heavy atom. The zero-order valence-corrected chi connectivity index (χ0v) is 10.6. The van der Waals surface area contributed by atoms with E-state index in [0.29, 0.717) is 0 Å². The van der Waals surface area contributed by atoms with Crippen molar-refractivity contribution in [3.63, 3.8) is 0 Å². The normalized spacial score (nSPS) is 10.9. The van der Waals surface area contributed by atoms with Gasteiger partial charge >= 0.3 is 0 Å². The molecule has 0 bridgehead atoms. The maximum atomic E-state index is 2.28. The van der Waals surface area contributed by atoms with E-state index in [-0.39, 0.29) is 0 Å². The van der Waals surface area contributed by atoms with Gasteiger partial charge in [0.2, 0.25) is 0 Å². The lowest BCUT2D eigenvalue weighted by Gasteiger charge is -1.99. The van der Waals surface area contributed by atoms with Crippen LogP contribution in [0.3, 0.4) is 0 Å². The zero-order valence-electron chi connectivity index (χ0n) is 9.81. The topological polar surface area (TPSA) is 0 Å². The van der Waals surface area contributed by atoms with Crippen molar-refractivity contribution in [2.24, 2.45) is 0 Å². The van der Waals surface area contributed by atoms with Crippen molar-refractivity contribution in [1.82, 2.24) is 0 Å². The minimum absolute atomic E-state index is 1.10. The fraction of sp³-hybridized carbons (Fsp3) is 0.125. The molecule has 0 saturated carbocycles. The summed E-state index contributed by atoms with van der Waals surface area (Å²) in [4.78, 5) is 1.36. The van der Waals surface area contributed by atoms with Crippen LogP contribution in [-0.2, 0) is 6.42 Å². The van der Waals surface area contributed by atoms with Crippen LogP contribution in [0.25, 0.3) is 20.5 Å². The van der Waals surface area contributed by atoms with E-state index in [9.17, 15) is 0 Å².